The minimum Gasteiger partial charge on any atom is -0.496 e. The van der Waals surface area contributed by atoms with Crippen molar-refractivity contribution < 1.29 is 14.3 Å². The zero-order valence-corrected chi connectivity index (χ0v) is 18.2. The van der Waals surface area contributed by atoms with Gasteiger partial charge in [0.15, 0.2) is 0 Å². The number of nitrogens with zero attached hydrogens (tertiary/aromatic N) is 1. The lowest BCUT2D eigenvalue weighted by Gasteiger charge is -2.44. The van der Waals surface area contributed by atoms with Gasteiger partial charge in [-0.15, -0.1) is 12.4 Å². The van der Waals surface area contributed by atoms with Crippen LogP contribution in [0.2, 0.25) is 0 Å². The fourth-order valence-corrected chi connectivity index (χ4v) is 5.55. The Morgan fingerprint density at radius 2 is 1.90 bits per heavy atom. The first-order valence-corrected chi connectivity index (χ1v) is 10.9. The lowest BCUT2D eigenvalue weighted by Crippen LogP contribution is -2.50. The van der Waals surface area contributed by atoms with E-state index in [1.165, 1.54) is 19.3 Å². The molecular formula is C23H35ClN2O3. The number of benzene rings is 1. The van der Waals surface area contributed by atoms with Crippen LogP contribution < -0.4 is 10.5 Å². The average molecular weight is 423 g/mol. The molecule has 1 aromatic rings. The Balaban J connectivity index is 0.00000240. The molecule has 6 heteroatoms. The molecule has 1 heterocycles. The van der Waals surface area contributed by atoms with Gasteiger partial charge in [-0.25, -0.2) is 0 Å². The minimum absolute atomic E-state index is 0. The fourth-order valence-electron chi connectivity index (χ4n) is 5.55. The van der Waals surface area contributed by atoms with Gasteiger partial charge in [0.05, 0.1) is 13.2 Å². The molecule has 1 saturated heterocycles. The second-order valence-corrected chi connectivity index (χ2v) is 8.86. The predicted octanol–water partition coefficient (Wildman–Crippen LogP) is 3.78. The first-order chi connectivity index (χ1) is 13.7. The molecule has 3 aliphatic rings. The Kier molecular flexibility index (Phi) is 7.83. The molecule has 0 spiro atoms. The summed E-state index contributed by atoms with van der Waals surface area (Å²) < 4.78 is 11.4. The molecule has 1 aliphatic heterocycles. The van der Waals surface area contributed by atoms with E-state index < -0.39 is 0 Å². The van der Waals surface area contributed by atoms with Gasteiger partial charge < -0.3 is 20.1 Å². The summed E-state index contributed by atoms with van der Waals surface area (Å²) >= 11 is 0. The molecule has 2 aliphatic carbocycles. The normalized spacial score (nSPS) is 31.0. The highest BCUT2D eigenvalue weighted by Crippen LogP contribution is 2.42. The van der Waals surface area contributed by atoms with Gasteiger partial charge in [0.1, 0.15) is 5.75 Å². The molecule has 2 saturated carbocycles. The van der Waals surface area contributed by atoms with Crippen LogP contribution in [-0.4, -0.2) is 43.2 Å². The van der Waals surface area contributed by atoms with Crippen molar-refractivity contribution in [3.05, 3.63) is 29.8 Å². The molecule has 2 N–H and O–H groups in total. The summed E-state index contributed by atoms with van der Waals surface area (Å²) in [6.07, 6.45) is 7.81. The maximum atomic E-state index is 13.6. The highest BCUT2D eigenvalue weighted by atomic mass is 35.5. The predicted molar refractivity (Wildman–Crippen MR) is 116 cm³/mol. The third-order valence-corrected chi connectivity index (χ3v) is 7.08. The first-order valence-electron chi connectivity index (χ1n) is 10.9. The van der Waals surface area contributed by atoms with Gasteiger partial charge in [0, 0.05) is 37.2 Å². The van der Waals surface area contributed by atoms with Crippen LogP contribution in [0, 0.1) is 17.8 Å². The Morgan fingerprint density at radius 3 is 2.55 bits per heavy atom. The van der Waals surface area contributed by atoms with Crippen LogP contribution in [0.15, 0.2) is 24.3 Å². The summed E-state index contributed by atoms with van der Waals surface area (Å²) in [4.78, 5) is 15.6. The van der Waals surface area contributed by atoms with E-state index in [0.717, 1.165) is 43.6 Å². The van der Waals surface area contributed by atoms with E-state index in [1.54, 1.807) is 7.11 Å². The Bertz CT molecular complexity index is 666. The van der Waals surface area contributed by atoms with Crippen LogP contribution in [0.4, 0.5) is 0 Å². The third kappa shape index (κ3) is 5.07. The molecule has 5 nitrogen and oxygen atoms in total. The second-order valence-electron chi connectivity index (χ2n) is 8.86. The van der Waals surface area contributed by atoms with Crippen LogP contribution in [0.3, 0.4) is 0 Å². The van der Waals surface area contributed by atoms with Crippen molar-refractivity contribution >= 4 is 18.3 Å². The van der Waals surface area contributed by atoms with Crippen LogP contribution in [0.5, 0.6) is 5.75 Å². The lowest BCUT2D eigenvalue weighted by atomic mass is 9.65. The Morgan fingerprint density at radius 1 is 1.17 bits per heavy atom. The monoisotopic (exact) mass is 422 g/mol. The van der Waals surface area contributed by atoms with E-state index in [-0.39, 0.29) is 30.3 Å². The van der Waals surface area contributed by atoms with E-state index in [0.29, 0.717) is 31.0 Å². The summed E-state index contributed by atoms with van der Waals surface area (Å²) in [6, 6.07) is 8.29. The molecule has 2 bridgehead atoms. The van der Waals surface area contributed by atoms with Gasteiger partial charge in [0.25, 0.3) is 0 Å². The van der Waals surface area contributed by atoms with Gasteiger partial charge in [-0.1, -0.05) is 24.6 Å². The number of halogens is 1. The molecule has 1 amide bonds. The standard InChI is InChI=1S/C23H34N2O3.ClH/c1-27-21-10-3-2-6-18(21)14-25(15-20-9-5-11-28-20)23(26)19-12-16-7-4-8-17(13-19)22(16)24;/h2-3,6,10,16-17,19-20,22H,4-5,7-9,11-15,24H2,1H3;1H. The molecule has 3 atom stereocenters. The van der Waals surface area contributed by atoms with Crippen molar-refractivity contribution in [3.63, 3.8) is 0 Å². The van der Waals surface area contributed by atoms with Crippen LogP contribution >= 0.6 is 12.4 Å². The fraction of sp³-hybridized carbons (Fsp3) is 0.696. The zero-order chi connectivity index (χ0) is 19.5. The SMILES string of the molecule is COc1ccccc1CN(CC1CCCO1)C(=O)C1CC2CCCC(C1)C2N.Cl. The minimum atomic E-state index is 0. The Hall–Kier alpha value is -1.30. The maximum Gasteiger partial charge on any atom is 0.226 e. The van der Waals surface area contributed by atoms with Crippen molar-refractivity contribution in [2.24, 2.45) is 23.5 Å². The number of rotatable bonds is 6. The number of carbonyl (C=O) groups excluding carboxylic acids is 1. The van der Waals surface area contributed by atoms with E-state index in [9.17, 15) is 4.79 Å². The number of amides is 1. The largest absolute Gasteiger partial charge is 0.496 e. The van der Waals surface area contributed by atoms with Gasteiger partial charge in [0.2, 0.25) is 5.91 Å². The highest BCUT2D eigenvalue weighted by Gasteiger charge is 2.42. The molecule has 162 valence electrons. The summed E-state index contributed by atoms with van der Waals surface area (Å²) in [5, 5.41) is 0. The molecule has 29 heavy (non-hydrogen) atoms. The molecule has 4 rings (SSSR count). The topological polar surface area (TPSA) is 64.8 Å². The average Bonchev–Trinajstić information content (AvgIpc) is 3.20. The molecule has 1 aromatic carbocycles. The smallest absolute Gasteiger partial charge is 0.226 e. The van der Waals surface area contributed by atoms with Crippen molar-refractivity contribution in [1.29, 1.82) is 0 Å². The number of nitrogens with two attached hydrogens (primary N) is 1. The molecule has 3 fully saturated rings. The number of carbonyl (C=O) groups is 1. The number of hydrogen-bond donors (Lipinski definition) is 1. The Labute approximate surface area is 180 Å². The first kappa shape index (κ1) is 22.4. The number of methoxy groups -OCH3 is 1. The summed E-state index contributed by atoms with van der Waals surface area (Å²) in [5.74, 6) is 2.25. The van der Waals surface area contributed by atoms with E-state index in [4.69, 9.17) is 15.2 Å². The van der Waals surface area contributed by atoms with E-state index in [2.05, 4.69) is 6.07 Å². The van der Waals surface area contributed by atoms with Crippen molar-refractivity contribution in [2.45, 2.75) is 63.6 Å². The van der Waals surface area contributed by atoms with Crippen LogP contribution in [-0.2, 0) is 16.1 Å². The molecular weight excluding hydrogens is 388 g/mol. The van der Waals surface area contributed by atoms with Gasteiger partial charge >= 0.3 is 0 Å². The number of ether oxygens (including phenoxy) is 2. The second kappa shape index (κ2) is 10.1. The van der Waals surface area contributed by atoms with Crippen molar-refractivity contribution in [2.75, 3.05) is 20.3 Å². The number of hydrogen-bond acceptors (Lipinski definition) is 4. The van der Waals surface area contributed by atoms with Gasteiger partial charge in [-0.3, -0.25) is 4.79 Å². The maximum absolute atomic E-state index is 13.6. The van der Waals surface area contributed by atoms with Crippen molar-refractivity contribution in [1.82, 2.24) is 4.90 Å². The van der Waals surface area contributed by atoms with E-state index >= 15 is 0 Å². The number of para-hydroxylation sites is 1. The lowest BCUT2D eigenvalue weighted by molar-refractivity contribution is -0.141. The highest BCUT2D eigenvalue weighted by molar-refractivity contribution is 5.85. The quantitative estimate of drug-likeness (QED) is 0.757. The summed E-state index contributed by atoms with van der Waals surface area (Å²) in [7, 11) is 1.69. The van der Waals surface area contributed by atoms with Gasteiger partial charge in [-0.2, -0.15) is 0 Å². The van der Waals surface area contributed by atoms with E-state index in [1.807, 2.05) is 23.1 Å². The van der Waals surface area contributed by atoms with Crippen LogP contribution in [0.1, 0.15) is 50.5 Å². The van der Waals surface area contributed by atoms with Gasteiger partial charge in [-0.05, 0) is 56.4 Å². The summed E-state index contributed by atoms with van der Waals surface area (Å²) in [5.41, 5.74) is 7.51. The molecule has 0 aromatic heterocycles. The third-order valence-electron chi connectivity index (χ3n) is 7.08. The van der Waals surface area contributed by atoms with Crippen LogP contribution in [0.25, 0.3) is 0 Å². The molecule has 3 unspecified atom stereocenters. The summed E-state index contributed by atoms with van der Waals surface area (Å²) in [6.45, 7) is 2.07. The zero-order valence-electron chi connectivity index (χ0n) is 17.4. The number of fused-ring (bicyclic) bond motifs is 2. The van der Waals surface area contributed by atoms with Crippen molar-refractivity contribution in [3.8, 4) is 5.75 Å². The molecule has 0 radical (unpaired) electrons.